The van der Waals surface area contributed by atoms with Gasteiger partial charge in [-0.3, -0.25) is 4.79 Å². The zero-order valence-corrected chi connectivity index (χ0v) is 19.6. The second-order valence-electron chi connectivity index (χ2n) is 10.1. The van der Waals surface area contributed by atoms with Crippen LogP contribution in [0.15, 0.2) is 30.3 Å². The maximum atomic E-state index is 13.7. The molecule has 1 amide bonds. The Hall–Kier alpha value is -1.86. The Kier molecular flexibility index (Phi) is 7.20. The van der Waals surface area contributed by atoms with Crippen LogP contribution in [-0.2, 0) is 15.7 Å². The van der Waals surface area contributed by atoms with E-state index in [0.29, 0.717) is 37.2 Å². The first kappa shape index (κ1) is 24.3. The monoisotopic (exact) mass is 464 g/mol. The number of benzene rings is 1. The van der Waals surface area contributed by atoms with Crippen molar-refractivity contribution < 1.29 is 22.7 Å². The molecule has 0 spiro atoms. The minimum Gasteiger partial charge on any atom is -0.381 e. The fourth-order valence-corrected chi connectivity index (χ4v) is 5.71. The summed E-state index contributed by atoms with van der Waals surface area (Å²) in [4.78, 5) is 15.6. The molecular weight excluding hydrogens is 429 g/mol. The molecule has 4 rings (SSSR count). The van der Waals surface area contributed by atoms with E-state index in [1.165, 1.54) is 12.1 Å². The van der Waals surface area contributed by atoms with Crippen LogP contribution < -0.4 is 5.32 Å². The lowest BCUT2D eigenvalue weighted by atomic mass is 9.74. The summed E-state index contributed by atoms with van der Waals surface area (Å²) in [5, 5.41) is 3.78. The quantitative estimate of drug-likeness (QED) is 0.644. The molecule has 2 heterocycles. The van der Waals surface area contributed by atoms with Crippen LogP contribution >= 0.6 is 0 Å². The molecule has 7 heteroatoms. The van der Waals surface area contributed by atoms with Crippen LogP contribution in [0.3, 0.4) is 0 Å². The Labute approximate surface area is 194 Å². The summed E-state index contributed by atoms with van der Waals surface area (Å²) in [7, 11) is 0. The minimum absolute atomic E-state index is 0.202. The fourth-order valence-electron chi connectivity index (χ4n) is 5.71. The van der Waals surface area contributed by atoms with Gasteiger partial charge in [0.15, 0.2) is 0 Å². The minimum atomic E-state index is -4.35. The SMILES string of the molecule is CC(C)C1(C(=O)N2CC=C(c3cccc(C(F)(F)F)c3)CC2)CC[C@@H](NC2CCOCC2)C1. The van der Waals surface area contributed by atoms with Crippen molar-refractivity contribution in [3.05, 3.63) is 41.5 Å². The summed E-state index contributed by atoms with van der Waals surface area (Å²) in [6.45, 7) is 6.88. The number of nitrogens with one attached hydrogen (secondary N) is 1. The lowest BCUT2D eigenvalue weighted by Gasteiger charge is -2.39. The summed E-state index contributed by atoms with van der Waals surface area (Å²) in [5.74, 6) is 0.438. The summed E-state index contributed by atoms with van der Waals surface area (Å²) in [6, 6.07) is 6.30. The van der Waals surface area contributed by atoms with Crippen molar-refractivity contribution in [3.8, 4) is 0 Å². The van der Waals surface area contributed by atoms with E-state index in [1.54, 1.807) is 6.07 Å². The predicted molar refractivity (Wildman–Crippen MR) is 123 cm³/mol. The smallest absolute Gasteiger partial charge is 0.381 e. The van der Waals surface area contributed by atoms with Gasteiger partial charge in [0.25, 0.3) is 0 Å². The van der Waals surface area contributed by atoms with Gasteiger partial charge < -0.3 is 15.0 Å². The number of rotatable bonds is 5. The Bertz CT molecular complexity index is 877. The van der Waals surface area contributed by atoms with Gasteiger partial charge in [0.2, 0.25) is 5.91 Å². The van der Waals surface area contributed by atoms with Gasteiger partial charge in [-0.2, -0.15) is 13.2 Å². The third kappa shape index (κ3) is 5.29. The van der Waals surface area contributed by atoms with Crippen LogP contribution in [-0.4, -0.2) is 49.2 Å². The third-order valence-electron chi connectivity index (χ3n) is 7.83. The molecule has 1 N–H and O–H groups in total. The van der Waals surface area contributed by atoms with E-state index in [-0.39, 0.29) is 17.2 Å². The van der Waals surface area contributed by atoms with Crippen LogP contribution in [0.1, 0.15) is 63.5 Å². The molecule has 182 valence electrons. The van der Waals surface area contributed by atoms with Gasteiger partial charge in [-0.15, -0.1) is 0 Å². The zero-order chi connectivity index (χ0) is 23.6. The standard InChI is InChI=1S/C26H35F3N2O2/c1-18(2)25(11-6-23(17-25)30-22-9-14-33-15-10-22)24(32)31-12-7-19(8-13-31)20-4-3-5-21(16-20)26(27,28)29/h3-5,7,16,18,22-23,30H,6,8-15,17H2,1-2H3/t23-,25?/m1/s1. The third-order valence-corrected chi connectivity index (χ3v) is 7.83. The van der Waals surface area contributed by atoms with Crippen LogP contribution in [0.5, 0.6) is 0 Å². The van der Waals surface area contributed by atoms with Gasteiger partial charge >= 0.3 is 6.18 Å². The highest BCUT2D eigenvalue weighted by Gasteiger charge is 2.49. The molecule has 1 aromatic rings. The number of alkyl halides is 3. The highest BCUT2D eigenvalue weighted by Crippen LogP contribution is 2.46. The Balaban J connectivity index is 1.42. The lowest BCUT2D eigenvalue weighted by molar-refractivity contribution is -0.144. The first-order valence-electron chi connectivity index (χ1n) is 12.2. The number of halogens is 3. The molecular formula is C26H35F3N2O2. The maximum absolute atomic E-state index is 13.7. The van der Waals surface area contributed by atoms with Crippen LogP contribution in [0.2, 0.25) is 0 Å². The van der Waals surface area contributed by atoms with Crippen molar-refractivity contribution in [2.45, 2.75) is 70.6 Å². The summed E-state index contributed by atoms with van der Waals surface area (Å²) in [5.41, 5.74) is 0.475. The largest absolute Gasteiger partial charge is 0.416 e. The van der Waals surface area contributed by atoms with E-state index in [9.17, 15) is 18.0 Å². The van der Waals surface area contributed by atoms with Gasteiger partial charge in [-0.05, 0) is 67.7 Å². The van der Waals surface area contributed by atoms with Crippen LogP contribution in [0, 0.1) is 11.3 Å². The fraction of sp³-hybridized carbons (Fsp3) is 0.654. The first-order valence-corrected chi connectivity index (χ1v) is 12.2. The van der Waals surface area contributed by atoms with Crippen molar-refractivity contribution in [3.63, 3.8) is 0 Å². The molecule has 33 heavy (non-hydrogen) atoms. The van der Waals surface area contributed by atoms with Gasteiger partial charge in [-0.25, -0.2) is 0 Å². The average Bonchev–Trinajstić information content (AvgIpc) is 3.24. The van der Waals surface area contributed by atoms with Crippen LogP contribution in [0.4, 0.5) is 13.2 Å². The number of hydrogen-bond donors (Lipinski definition) is 1. The van der Waals surface area contributed by atoms with E-state index in [2.05, 4.69) is 19.2 Å². The highest BCUT2D eigenvalue weighted by atomic mass is 19.4. The van der Waals surface area contributed by atoms with Gasteiger partial charge in [0.05, 0.1) is 11.0 Å². The molecule has 0 bridgehead atoms. The molecule has 1 unspecified atom stereocenters. The van der Waals surface area contributed by atoms with Crippen molar-refractivity contribution in [1.29, 1.82) is 0 Å². The van der Waals surface area contributed by atoms with Gasteiger partial charge in [0.1, 0.15) is 0 Å². The number of ether oxygens (including phenoxy) is 1. The molecule has 4 nitrogen and oxygen atoms in total. The van der Waals surface area contributed by atoms with E-state index in [0.717, 1.165) is 57.0 Å². The van der Waals surface area contributed by atoms with E-state index >= 15 is 0 Å². The summed E-state index contributed by atoms with van der Waals surface area (Å²) >= 11 is 0. The Morgan fingerprint density at radius 3 is 2.58 bits per heavy atom. The van der Waals surface area contributed by atoms with Gasteiger partial charge in [-0.1, -0.05) is 32.1 Å². The van der Waals surface area contributed by atoms with Crippen molar-refractivity contribution in [2.75, 3.05) is 26.3 Å². The normalized spacial score (nSPS) is 27.2. The molecule has 1 aliphatic carbocycles. The second kappa shape index (κ2) is 9.79. The summed E-state index contributed by atoms with van der Waals surface area (Å²) < 4.78 is 44.7. The number of amides is 1. The van der Waals surface area contributed by atoms with Crippen molar-refractivity contribution >= 4 is 11.5 Å². The van der Waals surface area contributed by atoms with E-state index < -0.39 is 11.7 Å². The van der Waals surface area contributed by atoms with E-state index in [4.69, 9.17) is 4.74 Å². The van der Waals surface area contributed by atoms with Crippen molar-refractivity contribution in [2.24, 2.45) is 11.3 Å². The van der Waals surface area contributed by atoms with Crippen molar-refractivity contribution in [1.82, 2.24) is 10.2 Å². The zero-order valence-electron chi connectivity index (χ0n) is 19.6. The van der Waals surface area contributed by atoms with Gasteiger partial charge in [0, 0.05) is 38.4 Å². The topological polar surface area (TPSA) is 41.6 Å². The molecule has 1 saturated heterocycles. The molecule has 2 fully saturated rings. The average molecular weight is 465 g/mol. The molecule has 2 aliphatic heterocycles. The Morgan fingerprint density at radius 2 is 1.94 bits per heavy atom. The first-order chi connectivity index (χ1) is 15.7. The molecule has 1 saturated carbocycles. The number of hydrogen-bond acceptors (Lipinski definition) is 3. The van der Waals surface area contributed by atoms with E-state index in [1.807, 2.05) is 11.0 Å². The van der Waals surface area contributed by atoms with Crippen LogP contribution in [0.25, 0.3) is 5.57 Å². The maximum Gasteiger partial charge on any atom is 0.416 e. The molecule has 0 radical (unpaired) electrons. The number of carbonyl (C=O) groups excluding carboxylic acids is 1. The molecule has 3 aliphatic rings. The number of carbonyl (C=O) groups is 1. The lowest BCUT2D eigenvalue weighted by Crippen LogP contribution is -2.48. The molecule has 1 aromatic carbocycles. The Morgan fingerprint density at radius 1 is 1.18 bits per heavy atom. The molecule has 2 atom stereocenters. The molecule has 0 aromatic heterocycles. The second-order valence-corrected chi connectivity index (χ2v) is 10.1. The highest BCUT2D eigenvalue weighted by molar-refractivity contribution is 5.84. The summed E-state index contributed by atoms with van der Waals surface area (Å²) in [6.07, 6.45) is 2.92. The predicted octanol–water partition coefficient (Wildman–Crippen LogP) is 5.28. The number of nitrogens with zero attached hydrogens (tertiary/aromatic N) is 1.